The van der Waals surface area contributed by atoms with E-state index in [2.05, 4.69) is 55.9 Å². The Morgan fingerprint density at radius 2 is 2.20 bits per heavy atom. The summed E-state index contributed by atoms with van der Waals surface area (Å²) in [6.07, 6.45) is 2.24. The maximum Gasteiger partial charge on any atom is 0.253 e. The average molecular weight is 383 g/mol. The van der Waals surface area contributed by atoms with Gasteiger partial charge in [0.15, 0.2) is 0 Å². The van der Waals surface area contributed by atoms with Crippen LogP contribution in [-0.4, -0.2) is 27.0 Å². The minimum atomic E-state index is -2.82. The molecule has 0 saturated carbocycles. The van der Waals surface area contributed by atoms with E-state index < -0.39 is 10.9 Å². The van der Waals surface area contributed by atoms with Gasteiger partial charge in [-0.1, -0.05) is 6.58 Å². The molecule has 136 valence electrons. The predicted octanol–water partition coefficient (Wildman–Crippen LogP) is 3.02. The van der Waals surface area contributed by atoms with Crippen LogP contribution in [0.5, 0.6) is 0 Å². The smallest absolute Gasteiger partial charge is 0.253 e. The van der Waals surface area contributed by atoms with Crippen molar-refractivity contribution in [3.63, 3.8) is 0 Å². The number of rotatable bonds is 5. The van der Waals surface area contributed by atoms with Crippen molar-refractivity contribution in [3.05, 3.63) is 30.5 Å². The van der Waals surface area contributed by atoms with Crippen LogP contribution in [0.15, 0.2) is 45.1 Å². The fourth-order valence-electron chi connectivity index (χ4n) is 2.66. The first-order valence-corrected chi connectivity index (χ1v) is 9.36. The lowest BCUT2D eigenvalue weighted by Crippen LogP contribution is -2.26. The highest BCUT2D eigenvalue weighted by atomic mass is 32.2. The molecule has 1 aliphatic rings. The predicted molar refractivity (Wildman–Crippen MR) is 105 cm³/mol. The van der Waals surface area contributed by atoms with Crippen molar-refractivity contribution in [1.29, 1.82) is 0 Å². The zero-order chi connectivity index (χ0) is 18.4. The number of azo groups is 1. The van der Waals surface area contributed by atoms with Crippen molar-refractivity contribution < 1.29 is 8.42 Å². The fourth-order valence-corrected chi connectivity index (χ4v) is 3.12. The number of nitrogens with zero attached hydrogens (tertiary/aromatic N) is 4. The van der Waals surface area contributed by atoms with Crippen molar-refractivity contribution in [2.75, 3.05) is 16.2 Å². The van der Waals surface area contributed by atoms with Gasteiger partial charge < -0.3 is 10.2 Å². The van der Waals surface area contributed by atoms with Crippen molar-refractivity contribution in [1.82, 2.24) is 5.32 Å². The van der Waals surface area contributed by atoms with Gasteiger partial charge in [-0.2, -0.15) is 4.40 Å². The maximum atomic E-state index is 11.1. The van der Waals surface area contributed by atoms with E-state index in [1.54, 1.807) is 19.1 Å². The highest BCUT2D eigenvalue weighted by Gasteiger charge is 2.21. The number of guanidine groups is 1. The van der Waals surface area contributed by atoms with Crippen molar-refractivity contribution in [3.8, 4) is 0 Å². The summed E-state index contributed by atoms with van der Waals surface area (Å²) in [5.41, 5.74) is 2.33. The highest BCUT2D eigenvalue weighted by molar-refractivity contribution is 7.79. The fraction of sp³-hybridized carbons (Fsp3) is 0.400. The number of allylic oxidation sites excluding steroid dienone is 1. The molecule has 1 aromatic carbocycles. The van der Waals surface area contributed by atoms with Gasteiger partial charge in [0.05, 0.1) is 5.69 Å². The highest BCUT2D eigenvalue weighted by Crippen LogP contribution is 2.33. The molecular formula is C15H22N6O2S2. The van der Waals surface area contributed by atoms with Crippen LogP contribution >= 0.6 is 12.8 Å². The Morgan fingerprint density at radius 3 is 2.76 bits per heavy atom. The Balaban J connectivity index is 2.31. The maximum absolute atomic E-state index is 11.1. The van der Waals surface area contributed by atoms with E-state index in [9.17, 15) is 8.42 Å². The molecule has 1 saturated heterocycles. The van der Waals surface area contributed by atoms with E-state index in [-0.39, 0.29) is 5.96 Å². The van der Waals surface area contributed by atoms with E-state index in [0.717, 1.165) is 25.1 Å². The lowest BCUT2D eigenvalue weighted by molar-refractivity contribution is 0.619. The van der Waals surface area contributed by atoms with Gasteiger partial charge in [0, 0.05) is 24.0 Å². The normalized spacial score (nSPS) is 18.2. The van der Waals surface area contributed by atoms with E-state index >= 15 is 0 Å². The van der Waals surface area contributed by atoms with Crippen LogP contribution in [0.3, 0.4) is 0 Å². The van der Waals surface area contributed by atoms with Gasteiger partial charge in [-0.25, -0.2) is 8.42 Å². The summed E-state index contributed by atoms with van der Waals surface area (Å²) in [5.74, 6) is 0.158. The molecule has 0 aliphatic carbocycles. The second-order valence-corrected chi connectivity index (χ2v) is 6.72. The van der Waals surface area contributed by atoms with Crippen LogP contribution in [0.2, 0.25) is 0 Å². The molecule has 1 aromatic rings. The zero-order valence-electron chi connectivity index (χ0n) is 14.1. The summed E-state index contributed by atoms with van der Waals surface area (Å²) in [7, 11) is -2.82. The van der Waals surface area contributed by atoms with Crippen LogP contribution in [0.25, 0.3) is 0 Å². The van der Waals surface area contributed by atoms with Crippen LogP contribution in [-0.2, 0) is 10.9 Å². The van der Waals surface area contributed by atoms with E-state index in [1.165, 1.54) is 0 Å². The summed E-state index contributed by atoms with van der Waals surface area (Å²) in [4.78, 5) is 2.24. The molecule has 8 nitrogen and oxygen atoms in total. The van der Waals surface area contributed by atoms with Gasteiger partial charge in [0.25, 0.3) is 5.96 Å². The third kappa shape index (κ3) is 5.46. The third-order valence-corrected chi connectivity index (χ3v) is 4.36. The molecule has 2 rings (SSSR count). The minimum absolute atomic E-state index is 0.158. The molecule has 2 N–H and O–H groups in total. The van der Waals surface area contributed by atoms with Crippen molar-refractivity contribution in [2.45, 2.75) is 32.7 Å². The van der Waals surface area contributed by atoms with Gasteiger partial charge in [0.2, 0.25) is 10.9 Å². The van der Waals surface area contributed by atoms with E-state index in [0.29, 0.717) is 23.1 Å². The molecular weight excluding hydrogens is 360 g/mol. The van der Waals surface area contributed by atoms with E-state index in [1.807, 2.05) is 6.07 Å². The summed E-state index contributed by atoms with van der Waals surface area (Å²) < 4.78 is 28.3. The van der Waals surface area contributed by atoms with Gasteiger partial charge in [0.1, 0.15) is 5.69 Å². The average Bonchev–Trinajstić information content (AvgIpc) is 2.97. The number of hydrogen-bond acceptors (Lipinski definition) is 6. The molecule has 0 amide bonds. The molecule has 25 heavy (non-hydrogen) atoms. The Labute approximate surface area is 154 Å². The Bertz CT molecular complexity index is 767. The molecule has 0 spiro atoms. The van der Waals surface area contributed by atoms with Gasteiger partial charge in [-0.05, 0) is 57.7 Å². The first kappa shape index (κ1) is 19.3. The lowest BCUT2D eigenvalue weighted by atomic mass is 10.2. The second-order valence-electron chi connectivity index (χ2n) is 5.78. The quantitative estimate of drug-likeness (QED) is 0.272. The molecule has 1 aliphatic heterocycles. The van der Waals surface area contributed by atoms with Crippen LogP contribution in [0, 0.1) is 0 Å². The molecule has 10 heteroatoms. The minimum Gasteiger partial charge on any atom is -0.369 e. The summed E-state index contributed by atoms with van der Waals surface area (Å²) in [5, 5.41) is 10.8. The molecule has 1 fully saturated rings. The molecule has 0 aromatic heterocycles. The molecule has 0 radical (unpaired) electrons. The van der Waals surface area contributed by atoms with Crippen LogP contribution in [0.4, 0.5) is 17.1 Å². The second kappa shape index (κ2) is 8.86. The van der Waals surface area contributed by atoms with Gasteiger partial charge in [-0.15, -0.1) is 10.2 Å². The topological polar surface area (TPSA) is 98.5 Å². The number of nitrogens with one attached hydrogen (secondary N) is 2. The number of thiol groups is 2. The van der Waals surface area contributed by atoms with Crippen molar-refractivity contribution >= 4 is 46.7 Å². The first-order valence-electron chi connectivity index (χ1n) is 7.78. The lowest BCUT2D eigenvalue weighted by Gasteiger charge is -2.24. The van der Waals surface area contributed by atoms with E-state index in [4.69, 9.17) is 0 Å². The SMILES string of the molecule is C=C(C)N/C(N=Nc1ccc(N2CCCC2C)cc1N[SH](=O)=O)=N\S. The standard InChI is InChI=1S/C15H22N6O2S2/c1-10(2)16-15(19-24)18-17-13-7-6-12(9-14(13)20-25(22)23)21-8-4-5-11(21)3/h6-7,9,11,24-25H,1,4-5,8H2,2-3H3,(H,16,19)(H,20,22,23). The molecule has 1 unspecified atom stereocenters. The Morgan fingerprint density at radius 1 is 1.44 bits per heavy atom. The monoisotopic (exact) mass is 382 g/mol. The van der Waals surface area contributed by atoms with Gasteiger partial charge >= 0.3 is 0 Å². The van der Waals surface area contributed by atoms with Crippen LogP contribution < -0.4 is 14.9 Å². The van der Waals surface area contributed by atoms with Crippen LogP contribution in [0.1, 0.15) is 26.7 Å². The first-order chi connectivity index (χ1) is 11.9. The third-order valence-electron chi connectivity index (χ3n) is 3.75. The van der Waals surface area contributed by atoms with Gasteiger partial charge in [-0.3, -0.25) is 4.72 Å². The summed E-state index contributed by atoms with van der Waals surface area (Å²) in [6, 6.07) is 5.82. The molecule has 0 bridgehead atoms. The Hall–Kier alpha value is -2.07. The van der Waals surface area contributed by atoms with Crippen molar-refractivity contribution in [2.24, 2.45) is 14.6 Å². The largest absolute Gasteiger partial charge is 0.369 e. The molecule has 1 atom stereocenters. The number of hydrogen-bond donors (Lipinski definition) is 4. The zero-order valence-corrected chi connectivity index (χ0v) is 15.9. The molecule has 1 heterocycles. The number of anilines is 2. The Kier molecular flexibility index (Phi) is 6.82. The summed E-state index contributed by atoms with van der Waals surface area (Å²) in [6.45, 7) is 8.54. The summed E-state index contributed by atoms with van der Waals surface area (Å²) >= 11 is 3.81. The number of benzene rings is 1.